The van der Waals surface area contributed by atoms with Gasteiger partial charge in [-0.2, -0.15) is 0 Å². The normalized spacial score (nSPS) is 10.9. The number of aliphatic hydroxyl groups is 1. The molecule has 0 fully saturated rings. The summed E-state index contributed by atoms with van der Waals surface area (Å²) in [6.07, 6.45) is 3.52. The molecule has 0 amide bonds. The van der Waals surface area contributed by atoms with Crippen molar-refractivity contribution in [1.82, 2.24) is 19.9 Å². The number of aryl methyl sites for hydroxylation is 1. The van der Waals surface area contributed by atoms with Gasteiger partial charge >= 0.3 is 0 Å². The van der Waals surface area contributed by atoms with Gasteiger partial charge in [-0.25, -0.2) is 15.0 Å². The summed E-state index contributed by atoms with van der Waals surface area (Å²) in [7, 11) is 0. The zero-order valence-electron chi connectivity index (χ0n) is 11.1. The lowest BCUT2D eigenvalue weighted by Crippen LogP contribution is -2.08. The smallest absolute Gasteiger partial charge is 0.222 e. The van der Waals surface area contributed by atoms with E-state index in [1.165, 1.54) is 0 Å². The first kappa shape index (κ1) is 12.6. The van der Waals surface area contributed by atoms with Crippen molar-refractivity contribution in [1.29, 1.82) is 0 Å². The van der Waals surface area contributed by atoms with E-state index >= 15 is 0 Å². The van der Waals surface area contributed by atoms with E-state index in [4.69, 9.17) is 5.11 Å². The first-order chi connectivity index (χ1) is 9.76. The van der Waals surface area contributed by atoms with Gasteiger partial charge in [-0.3, -0.25) is 0 Å². The molecule has 0 aliphatic heterocycles. The first-order valence-electron chi connectivity index (χ1n) is 6.40. The van der Waals surface area contributed by atoms with E-state index in [0.717, 1.165) is 28.0 Å². The van der Waals surface area contributed by atoms with Crippen LogP contribution in [-0.2, 0) is 0 Å². The molecule has 2 aromatic heterocycles. The Kier molecular flexibility index (Phi) is 3.30. The summed E-state index contributed by atoms with van der Waals surface area (Å²) in [5, 5.41) is 11.7. The van der Waals surface area contributed by atoms with Crippen LogP contribution in [0.15, 0.2) is 30.6 Å². The van der Waals surface area contributed by atoms with Crippen LogP contribution in [0.1, 0.15) is 5.82 Å². The van der Waals surface area contributed by atoms with Crippen molar-refractivity contribution in [3.63, 3.8) is 0 Å². The number of aromatic nitrogens is 4. The Hall–Kier alpha value is -2.47. The van der Waals surface area contributed by atoms with E-state index in [1.807, 2.05) is 25.1 Å². The molecular formula is C14H15N5O. The number of benzene rings is 1. The van der Waals surface area contributed by atoms with Crippen LogP contribution in [0.3, 0.4) is 0 Å². The fraction of sp³-hybridized carbons (Fsp3) is 0.214. The third-order valence-corrected chi connectivity index (χ3v) is 2.98. The minimum atomic E-state index is 0.0565. The quantitative estimate of drug-likeness (QED) is 0.671. The molecule has 0 radical (unpaired) electrons. The number of anilines is 1. The highest BCUT2D eigenvalue weighted by atomic mass is 16.3. The summed E-state index contributed by atoms with van der Waals surface area (Å²) >= 11 is 0. The van der Waals surface area contributed by atoms with E-state index in [2.05, 4.69) is 25.3 Å². The molecular weight excluding hydrogens is 254 g/mol. The van der Waals surface area contributed by atoms with Crippen LogP contribution in [0.25, 0.3) is 22.2 Å². The van der Waals surface area contributed by atoms with Gasteiger partial charge < -0.3 is 15.4 Å². The number of nitrogens with zero attached hydrogens (tertiary/aromatic N) is 3. The first-order valence-corrected chi connectivity index (χ1v) is 6.40. The highest BCUT2D eigenvalue weighted by molar-refractivity contribution is 5.81. The molecule has 1 aromatic carbocycles. The van der Waals surface area contributed by atoms with Crippen LogP contribution in [0.2, 0.25) is 0 Å². The predicted octanol–water partition coefficient (Wildman–Crippen LogP) is 1.73. The highest BCUT2D eigenvalue weighted by Crippen LogP contribution is 2.22. The van der Waals surface area contributed by atoms with Crippen LogP contribution >= 0.6 is 0 Å². The third-order valence-electron chi connectivity index (χ3n) is 2.98. The molecule has 102 valence electrons. The molecule has 0 saturated carbocycles. The Labute approximate surface area is 115 Å². The van der Waals surface area contributed by atoms with Crippen LogP contribution in [0, 0.1) is 6.92 Å². The lowest BCUT2D eigenvalue weighted by molar-refractivity contribution is 0.311. The van der Waals surface area contributed by atoms with E-state index in [1.54, 1.807) is 12.4 Å². The van der Waals surface area contributed by atoms with Gasteiger partial charge in [-0.05, 0) is 24.6 Å². The van der Waals surface area contributed by atoms with Gasteiger partial charge in [0.2, 0.25) is 5.95 Å². The molecule has 0 spiro atoms. The second-order valence-corrected chi connectivity index (χ2v) is 4.50. The number of nitrogens with one attached hydrogen (secondary N) is 2. The Morgan fingerprint density at radius 2 is 2.00 bits per heavy atom. The fourth-order valence-electron chi connectivity index (χ4n) is 2.05. The molecule has 0 aliphatic rings. The zero-order valence-corrected chi connectivity index (χ0v) is 11.1. The Balaban J connectivity index is 1.89. The van der Waals surface area contributed by atoms with E-state index < -0.39 is 0 Å². The van der Waals surface area contributed by atoms with Crippen LogP contribution in [-0.4, -0.2) is 38.2 Å². The van der Waals surface area contributed by atoms with Crippen LogP contribution in [0.4, 0.5) is 5.95 Å². The highest BCUT2D eigenvalue weighted by Gasteiger charge is 2.04. The van der Waals surface area contributed by atoms with Gasteiger partial charge in [-0.15, -0.1) is 0 Å². The second kappa shape index (κ2) is 5.26. The lowest BCUT2D eigenvalue weighted by Gasteiger charge is -2.04. The van der Waals surface area contributed by atoms with Crippen molar-refractivity contribution < 1.29 is 5.11 Å². The summed E-state index contributed by atoms with van der Waals surface area (Å²) in [5.41, 5.74) is 3.93. The SMILES string of the molecule is Cc1nc2ccc(-c3cnc(NCCO)nc3)cc2[nH]1. The average Bonchev–Trinajstić information content (AvgIpc) is 2.84. The largest absolute Gasteiger partial charge is 0.395 e. The molecule has 0 saturated heterocycles. The monoisotopic (exact) mass is 269 g/mol. The van der Waals surface area contributed by atoms with Gasteiger partial charge in [0.05, 0.1) is 17.6 Å². The maximum atomic E-state index is 8.74. The second-order valence-electron chi connectivity index (χ2n) is 4.50. The van der Waals surface area contributed by atoms with E-state index in [9.17, 15) is 0 Å². The van der Waals surface area contributed by atoms with Gasteiger partial charge in [0, 0.05) is 24.5 Å². The summed E-state index contributed by atoms with van der Waals surface area (Å²) in [4.78, 5) is 16.0. The molecule has 20 heavy (non-hydrogen) atoms. The Bertz CT molecular complexity index is 720. The van der Waals surface area contributed by atoms with Crippen LogP contribution < -0.4 is 5.32 Å². The summed E-state index contributed by atoms with van der Waals surface area (Å²) < 4.78 is 0. The zero-order chi connectivity index (χ0) is 13.9. The molecule has 3 N–H and O–H groups in total. The Morgan fingerprint density at radius 3 is 2.75 bits per heavy atom. The van der Waals surface area contributed by atoms with Crippen LogP contribution in [0.5, 0.6) is 0 Å². The minimum Gasteiger partial charge on any atom is -0.395 e. The molecule has 0 aliphatic carbocycles. The van der Waals surface area contributed by atoms with Gasteiger partial charge in [0.25, 0.3) is 0 Å². The van der Waals surface area contributed by atoms with Crippen molar-refractivity contribution >= 4 is 17.0 Å². The standard InChI is InChI=1S/C14H15N5O/c1-9-18-12-3-2-10(6-13(12)19-9)11-7-16-14(17-8-11)15-4-5-20/h2-3,6-8,20H,4-5H2,1H3,(H,18,19)(H,15,16,17). The lowest BCUT2D eigenvalue weighted by atomic mass is 10.1. The molecule has 2 heterocycles. The molecule has 6 nitrogen and oxygen atoms in total. The van der Waals surface area contributed by atoms with E-state index in [0.29, 0.717) is 12.5 Å². The fourth-order valence-corrected chi connectivity index (χ4v) is 2.05. The number of hydrogen-bond acceptors (Lipinski definition) is 5. The summed E-state index contributed by atoms with van der Waals surface area (Å²) in [6, 6.07) is 6.02. The maximum absolute atomic E-state index is 8.74. The molecule has 6 heteroatoms. The topological polar surface area (TPSA) is 86.7 Å². The summed E-state index contributed by atoms with van der Waals surface area (Å²) in [6.45, 7) is 2.43. The van der Waals surface area contributed by atoms with Crippen molar-refractivity contribution in [3.8, 4) is 11.1 Å². The number of hydrogen-bond donors (Lipinski definition) is 3. The number of aliphatic hydroxyl groups excluding tert-OH is 1. The van der Waals surface area contributed by atoms with Gasteiger partial charge in [0.1, 0.15) is 5.82 Å². The van der Waals surface area contributed by atoms with E-state index in [-0.39, 0.29) is 6.61 Å². The van der Waals surface area contributed by atoms with Crippen molar-refractivity contribution in [3.05, 3.63) is 36.4 Å². The maximum Gasteiger partial charge on any atom is 0.222 e. The summed E-state index contributed by atoms with van der Waals surface area (Å²) in [5.74, 6) is 1.42. The van der Waals surface area contributed by atoms with Crippen molar-refractivity contribution in [2.24, 2.45) is 0 Å². The van der Waals surface area contributed by atoms with Gasteiger partial charge in [-0.1, -0.05) is 6.07 Å². The Morgan fingerprint density at radius 1 is 1.20 bits per heavy atom. The number of imidazole rings is 1. The number of aromatic amines is 1. The van der Waals surface area contributed by atoms with Crippen molar-refractivity contribution in [2.75, 3.05) is 18.5 Å². The average molecular weight is 269 g/mol. The molecule has 0 unspecified atom stereocenters. The molecule has 0 bridgehead atoms. The molecule has 0 atom stereocenters. The number of H-pyrrole nitrogens is 1. The molecule has 3 rings (SSSR count). The van der Waals surface area contributed by atoms with Crippen molar-refractivity contribution in [2.45, 2.75) is 6.92 Å². The predicted molar refractivity (Wildman–Crippen MR) is 77.4 cm³/mol. The molecule has 3 aromatic rings. The third kappa shape index (κ3) is 2.46. The number of rotatable bonds is 4. The van der Waals surface area contributed by atoms with Gasteiger partial charge in [0.15, 0.2) is 0 Å². The minimum absolute atomic E-state index is 0.0565. The number of fused-ring (bicyclic) bond motifs is 1.